The van der Waals surface area contributed by atoms with Crippen LogP contribution in [-0.4, -0.2) is 54.9 Å². The first-order valence-corrected chi connectivity index (χ1v) is 9.44. The lowest BCUT2D eigenvalue weighted by atomic mass is 10.0. The number of carbonyl (C=O) groups excluding carboxylic acids is 1. The molecular weight excluding hydrogens is 342 g/mol. The van der Waals surface area contributed by atoms with E-state index < -0.39 is 5.79 Å². The van der Waals surface area contributed by atoms with Gasteiger partial charge in [0.05, 0.1) is 13.2 Å². The van der Waals surface area contributed by atoms with Crippen LogP contribution in [0.2, 0.25) is 0 Å². The summed E-state index contributed by atoms with van der Waals surface area (Å²) in [6, 6.07) is 13.9. The summed E-state index contributed by atoms with van der Waals surface area (Å²) in [6.07, 6.45) is 3.16. The lowest BCUT2D eigenvalue weighted by Gasteiger charge is -2.37. The average molecular weight is 367 g/mol. The van der Waals surface area contributed by atoms with Crippen LogP contribution in [0.4, 0.5) is 5.82 Å². The number of ether oxygens (including phenoxy) is 2. The molecular formula is C21H25N3O3. The van der Waals surface area contributed by atoms with Crippen LogP contribution in [0, 0.1) is 0 Å². The molecule has 0 saturated carbocycles. The van der Waals surface area contributed by atoms with Gasteiger partial charge < -0.3 is 19.3 Å². The molecule has 2 saturated heterocycles. The van der Waals surface area contributed by atoms with E-state index in [0.717, 1.165) is 25.2 Å². The highest BCUT2D eigenvalue weighted by molar-refractivity contribution is 5.95. The van der Waals surface area contributed by atoms with Crippen LogP contribution < -0.4 is 4.90 Å². The van der Waals surface area contributed by atoms with Crippen molar-refractivity contribution in [2.24, 2.45) is 0 Å². The maximum atomic E-state index is 12.9. The fraction of sp³-hybridized carbons (Fsp3) is 0.429. The van der Waals surface area contributed by atoms with Crippen LogP contribution in [0.25, 0.3) is 0 Å². The molecule has 0 aliphatic carbocycles. The predicted molar refractivity (Wildman–Crippen MR) is 103 cm³/mol. The van der Waals surface area contributed by atoms with Gasteiger partial charge in [0.1, 0.15) is 5.82 Å². The van der Waals surface area contributed by atoms with E-state index in [1.165, 1.54) is 5.56 Å². The van der Waals surface area contributed by atoms with Gasteiger partial charge in [-0.1, -0.05) is 30.3 Å². The first-order chi connectivity index (χ1) is 13.2. The van der Waals surface area contributed by atoms with Crippen molar-refractivity contribution < 1.29 is 14.3 Å². The lowest BCUT2D eigenvalue weighted by Crippen LogP contribution is -2.47. The Kier molecular flexibility index (Phi) is 5.09. The van der Waals surface area contributed by atoms with Gasteiger partial charge in [0.2, 0.25) is 0 Å². The number of aromatic nitrogens is 1. The Bertz CT molecular complexity index is 780. The van der Waals surface area contributed by atoms with Gasteiger partial charge >= 0.3 is 0 Å². The molecule has 27 heavy (non-hydrogen) atoms. The number of pyridine rings is 1. The zero-order valence-corrected chi connectivity index (χ0v) is 15.6. The Hall–Kier alpha value is -2.44. The van der Waals surface area contributed by atoms with E-state index in [2.05, 4.69) is 22.0 Å². The van der Waals surface area contributed by atoms with Crippen molar-refractivity contribution in [2.45, 2.75) is 25.2 Å². The number of hydrogen-bond acceptors (Lipinski definition) is 5. The molecule has 1 aromatic carbocycles. The minimum Gasteiger partial charge on any atom is -0.355 e. The van der Waals surface area contributed by atoms with Gasteiger partial charge in [-0.15, -0.1) is 0 Å². The summed E-state index contributed by atoms with van der Waals surface area (Å²) in [5.41, 5.74) is 1.88. The van der Waals surface area contributed by atoms with Gasteiger partial charge in [-0.25, -0.2) is 4.98 Å². The molecule has 2 aliphatic heterocycles. The second kappa shape index (κ2) is 7.66. The number of hydrogen-bond donors (Lipinski definition) is 0. The van der Waals surface area contributed by atoms with Crippen LogP contribution in [-0.2, 0) is 16.0 Å². The Labute approximate surface area is 159 Å². The highest BCUT2D eigenvalue weighted by Gasteiger charge is 2.40. The normalized spacial score (nSPS) is 18.6. The molecule has 142 valence electrons. The molecule has 6 heteroatoms. The third-order valence-electron chi connectivity index (χ3n) is 5.27. The molecule has 0 radical (unpaired) electrons. The molecule has 1 amide bonds. The van der Waals surface area contributed by atoms with Crippen molar-refractivity contribution in [3.05, 3.63) is 59.8 Å². The summed E-state index contributed by atoms with van der Waals surface area (Å²) < 4.78 is 11.5. The van der Waals surface area contributed by atoms with E-state index in [0.29, 0.717) is 31.9 Å². The van der Waals surface area contributed by atoms with E-state index in [-0.39, 0.29) is 5.91 Å². The summed E-state index contributed by atoms with van der Waals surface area (Å²) >= 11 is 0. The van der Waals surface area contributed by atoms with Gasteiger partial charge in [-0.2, -0.15) is 0 Å². The van der Waals surface area contributed by atoms with Gasteiger partial charge in [0.15, 0.2) is 5.79 Å². The van der Waals surface area contributed by atoms with E-state index in [1.54, 1.807) is 12.3 Å². The zero-order valence-electron chi connectivity index (χ0n) is 15.6. The monoisotopic (exact) mass is 367 g/mol. The summed E-state index contributed by atoms with van der Waals surface area (Å²) in [5, 5.41) is 0. The summed E-state index contributed by atoms with van der Waals surface area (Å²) in [7, 11) is 1.99. The number of amides is 1. The van der Waals surface area contributed by atoms with Crippen LogP contribution in [0.5, 0.6) is 0 Å². The van der Waals surface area contributed by atoms with Gasteiger partial charge in [0, 0.05) is 51.3 Å². The standard InChI is InChI=1S/C21H25N3O3/c1-23(16-17-5-3-2-4-6-17)19-15-18(7-10-22-19)20(25)24-11-8-21(9-12-24)26-13-14-27-21/h2-7,10,15H,8-9,11-14,16H2,1H3. The fourth-order valence-corrected chi connectivity index (χ4v) is 3.72. The number of rotatable bonds is 4. The molecule has 3 heterocycles. The second-order valence-electron chi connectivity index (χ2n) is 7.14. The summed E-state index contributed by atoms with van der Waals surface area (Å²) in [4.78, 5) is 21.3. The van der Waals surface area contributed by atoms with Crippen molar-refractivity contribution in [1.82, 2.24) is 9.88 Å². The van der Waals surface area contributed by atoms with Crippen LogP contribution in [0.3, 0.4) is 0 Å². The lowest BCUT2D eigenvalue weighted by molar-refractivity contribution is -0.181. The van der Waals surface area contributed by atoms with Crippen LogP contribution in [0.1, 0.15) is 28.8 Å². The minimum atomic E-state index is -0.462. The molecule has 0 atom stereocenters. The summed E-state index contributed by atoms with van der Waals surface area (Å²) in [5.74, 6) is 0.371. The van der Waals surface area contributed by atoms with Crippen molar-refractivity contribution in [3.8, 4) is 0 Å². The highest BCUT2D eigenvalue weighted by Crippen LogP contribution is 2.31. The number of nitrogens with zero attached hydrogens (tertiary/aromatic N) is 3. The first-order valence-electron chi connectivity index (χ1n) is 9.44. The third-order valence-corrected chi connectivity index (χ3v) is 5.27. The Balaban J connectivity index is 1.42. The molecule has 4 rings (SSSR count). The van der Waals surface area contributed by atoms with E-state index in [1.807, 2.05) is 36.2 Å². The zero-order chi connectivity index (χ0) is 18.7. The molecule has 2 aliphatic rings. The smallest absolute Gasteiger partial charge is 0.254 e. The first kappa shape index (κ1) is 17.9. The number of benzene rings is 1. The number of likely N-dealkylation sites (tertiary alicyclic amines) is 1. The number of anilines is 1. The third kappa shape index (κ3) is 3.96. The molecule has 0 bridgehead atoms. The van der Waals surface area contributed by atoms with Crippen LogP contribution in [0.15, 0.2) is 48.7 Å². The molecule has 1 aromatic heterocycles. The number of piperidine rings is 1. The fourth-order valence-electron chi connectivity index (χ4n) is 3.72. The van der Waals surface area contributed by atoms with Crippen molar-refractivity contribution >= 4 is 11.7 Å². The maximum Gasteiger partial charge on any atom is 0.254 e. The van der Waals surface area contributed by atoms with Gasteiger partial charge in [-0.05, 0) is 17.7 Å². The minimum absolute atomic E-state index is 0.0413. The van der Waals surface area contributed by atoms with Crippen molar-refractivity contribution in [2.75, 3.05) is 38.3 Å². The molecule has 6 nitrogen and oxygen atoms in total. The molecule has 0 unspecified atom stereocenters. The maximum absolute atomic E-state index is 12.9. The van der Waals surface area contributed by atoms with Crippen LogP contribution >= 0.6 is 0 Å². The molecule has 2 aromatic rings. The molecule has 2 fully saturated rings. The Morgan fingerprint density at radius 3 is 2.56 bits per heavy atom. The van der Waals surface area contributed by atoms with E-state index in [4.69, 9.17) is 9.47 Å². The quantitative estimate of drug-likeness (QED) is 0.832. The predicted octanol–water partition coefficient (Wildman–Crippen LogP) is 2.70. The molecule has 1 spiro atoms. The van der Waals surface area contributed by atoms with E-state index >= 15 is 0 Å². The Morgan fingerprint density at radius 2 is 1.85 bits per heavy atom. The number of carbonyl (C=O) groups is 1. The second-order valence-corrected chi connectivity index (χ2v) is 7.14. The van der Waals surface area contributed by atoms with E-state index in [9.17, 15) is 4.79 Å². The summed E-state index contributed by atoms with van der Waals surface area (Å²) in [6.45, 7) is 3.34. The topological polar surface area (TPSA) is 54.9 Å². The molecule has 0 N–H and O–H groups in total. The highest BCUT2D eigenvalue weighted by atomic mass is 16.7. The largest absolute Gasteiger partial charge is 0.355 e. The SMILES string of the molecule is CN(Cc1ccccc1)c1cc(C(=O)N2CCC3(CC2)OCCO3)ccn1. The Morgan fingerprint density at radius 1 is 1.15 bits per heavy atom. The van der Waals surface area contributed by atoms with Gasteiger partial charge in [-0.3, -0.25) is 4.79 Å². The van der Waals surface area contributed by atoms with Crippen molar-refractivity contribution in [3.63, 3.8) is 0 Å². The van der Waals surface area contributed by atoms with Crippen molar-refractivity contribution in [1.29, 1.82) is 0 Å². The van der Waals surface area contributed by atoms with Gasteiger partial charge in [0.25, 0.3) is 5.91 Å². The average Bonchev–Trinajstić information content (AvgIpc) is 3.17.